The van der Waals surface area contributed by atoms with E-state index in [-0.39, 0.29) is 18.1 Å². The van der Waals surface area contributed by atoms with Crippen LogP contribution in [-0.4, -0.2) is 67.9 Å². The van der Waals surface area contributed by atoms with Crippen LogP contribution in [0.5, 0.6) is 0 Å². The van der Waals surface area contributed by atoms with Crippen molar-refractivity contribution in [1.29, 1.82) is 0 Å². The van der Waals surface area contributed by atoms with Gasteiger partial charge >= 0.3 is 0 Å². The molecule has 2 unspecified atom stereocenters. The maximum atomic E-state index is 13.2. The number of likely N-dealkylation sites (tertiary alicyclic amines) is 1. The van der Waals surface area contributed by atoms with Crippen LogP contribution in [0.2, 0.25) is 0 Å². The molecule has 4 rings (SSSR count). The standard InChI is InChI=1S/C22H26N6O2/c1-15(12-27-9-8-19(29)13-27)24-22(30)20-10-18(17-6-4-3-5-7-17)11-21(16(20)2)28-14-23-25-26-28/h3-7,10-11,14-15,19,29H,8-9,12-13H2,1-2H3,(H,24,30). The lowest BCUT2D eigenvalue weighted by Gasteiger charge is -2.22. The van der Waals surface area contributed by atoms with Crippen LogP contribution in [0.3, 0.4) is 0 Å². The summed E-state index contributed by atoms with van der Waals surface area (Å²) in [6.07, 6.45) is 2.05. The first-order valence-electron chi connectivity index (χ1n) is 10.2. The van der Waals surface area contributed by atoms with Gasteiger partial charge in [-0.25, -0.2) is 4.68 Å². The second-order valence-corrected chi connectivity index (χ2v) is 7.86. The van der Waals surface area contributed by atoms with Crippen molar-refractivity contribution in [3.05, 3.63) is 59.9 Å². The fraction of sp³-hybridized carbons (Fsp3) is 0.364. The summed E-state index contributed by atoms with van der Waals surface area (Å²) in [6, 6.07) is 13.8. The number of benzene rings is 2. The molecule has 1 aliphatic rings. The molecule has 2 atom stereocenters. The minimum atomic E-state index is -0.267. The molecule has 1 aromatic heterocycles. The molecule has 30 heavy (non-hydrogen) atoms. The molecule has 0 saturated carbocycles. The molecular formula is C22H26N6O2. The van der Waals surface area contributed by atoms with Gasteiger partial charge in [-0.1, -0.05) is 30.3 Å². The van der Waals surface area contributed by atoms with Gasteiger partial charge in [-0.3, -0.25) is 9.69 Å². The first-order chi connectivity index (χ1) is 14.5. The van der Waals surface area contributed by atoms with Crippen molar-refractivity contribution in [2.75, 3.05) is 19.6 Å². The highest BCUT2D eigenvalue weighted by Crippen LogP contribution is 2.27. The summed E-state index contributed by atoms with van der Waals surface area (Å²) in [4.78, 5) is 15.4. The van der Waals surface area contributed by atoms with Gasteiger partial charge in [0.2, 0.25) is 0 Å². The third-order valence-corrected chi connectivity index (χ3v) is 5.48. The van der Waals surface area contributed by atoms with Gasteiger partial charge in [0, 0.05) is 31.2 Å². The van der Waals surface area contributed by atoms with Crippen LogP contribution in [0.25, 0.3) is 16.8 Å². The summed E-state index contributed by atoms with van der Waals surface area (Å²) in [5, 5.41) is 24.3. The van der Waals surface area contributed by atoms with Gasteiger partial charge in [0.1, 0.15) is 6.33 Å². The second-order valence-electron chi connectivity index (χ2n) is 7.86. The number of rotatable bonds is 6. The predicted molar refractivity (Wildman–Crippen MR) is 113 cm³/mol. The minimum Gasteiger partial charge on any atom is -0.392 e. The van der Waals surface area contributed by atoms with E-state index in [9.17, 15) is 9.90 Å². The summed E-state index contributed by atoms with van der Waals surface area (Å²) >= 11 is 0. The Morgan fingerprint density at radius 3 is 2.73 bits per heavy atom. The van der Waals surface area contributed by atoms with E-state index in [0.717, 1.165) is 35.3 Å². The number of aliphatic hydroxyl groups excluding tert-OH is 1. The topological polar surface area (TPSA) is 96.2 Å². The number of nitrogens with zero attached hydrogens (tertiary/aromatic N) is 5. The second kappa shape index (κ2) is 8.73. The van der Waals surface area contributed by atoms with E-state index in [1.54, 1.807) is 4.68 Å². The Hall–Kier alpha value is -3.10. The predicted octanol–water partition coefficient (Wildman–Crippen LogP) is 1.82. The number of hydrogen-bond acceptors (Lipinski definition) is 6. The minimum absolute atomic E-state index is 0.0425. The highest BCUT2D eigenvalue weighted by Gasteiger charge is 2.23. The molecule has 1 amide bonds. The Balaban J connectivity index is 1.62. The molecule has 2 aromatic carbocycles. The van der Waals surface area contributed by atoms with E-state index >= 15 is 0 Å². The molecule has 8 heteroatoms. The summed E-state index contributed by atoms with van der Waals surface area (Å²) in [7, 11) is 0. The Morgan fingerprint density at radius 1 is 1.27 bits per heavy atom. The van der Waals surface area contributed by atoms with Crippen LogP contribution in [0.15, 0.2) is 48.8 Å². The van der Waals surface area contributed by atoms with Crippen LogP contribution in [0, 0.1) is 6.92 Å². The maximum absolute atomic E-state index is 13.2. The van der Waals surface area contributed by atoms with Crippen LogP contribution < -0.4 is 5.32 Å². The van der Waals surface area contributed by atoms with E-state index in [1.807, 2.05) is 56.3 Å². The molecule has 8 nitrogen and oxygen atoms in total. The van der Waals surface area contributed by atoms with Gasteiger partial charge in [-0.05, 0) is 59.5 Å². The largest absolute Gasteiger partial charge is 0.392 e. The fourth-order valence-corrected chi connectivity index (χ4v) is 3.95. The molecule has 0 radical (unpaired) electrons. The van der Waals surface area contributed by atoms with Crippen molar-refractivity contribution in [1.82, 2.24) is 30.4 Å². The number of aromatic nitrogens is 4. The third kappa shape index (κ3) is 4.39. The van der Waals surface area contributed by atoms with Crippen LogP contribution in [-0.2, 0) is 0 Å². The quantitative estimate of drug-likeness (QED) is 0.648. The molecule has 2 heterocycles. The molecule has 1 fully saturated rings. The molecule has 0 bridgehead atoms. The fourth-order valence-electron chi connectivity index (χ4n) is 3.95. The Labute approximate surface area is 175 Å². The van der Waals surface area contributed by atoms with Gasteiger partial charge in [0.25, 0.3) is 5.91 Å². The number of nitrogens with one attached hydrogen (secondary N) is 1. The lowest BCUT2D eigenvalue weighted by molar-refractivity contribution is 0.0929. The highest BCUT2D eigenvalue weighted by atomic mass is 16.3. The summed E-state index contributed by atoms with van der Waals surface area (Å²) in [5.41, 5.74) is 4.10. The lowest BCUT2D eigenvalue weighted by Crippen LogP contribution is -2.41. The first-order valence-corrected chi connectivity index (χ1v) is 10.2. The zero-order valence-electron chi connectivity index (χ0n) is 17.2. The normalized spacial score (nSPS) is 17.8. The molecule has 3 aromatic rings. The highest BCUT2D eigenvalue weighted by molar-refractivity contribution is 5.98. The van der Waals surface area contributed by atoms with E-state index in [2.05, 4.69) is 25.7 Å². The number of carbonyl (C=O) groups excluding carboxylic acids is 1. The molecular weight excluding hydrogens is 380 g/mol. The smallest absolute Gasteiger partial charge is 0.251 e. The van der Waals surface area contributed by atoms with Crippen LogP contribution >= 0.6 is 0 Å². The molecule has 0 aliphatic carbocycles. The summed E-state index contributed by atoms with van der Waals surface area (Å²) in [6.45, 7) is 6.11. The number of aliphatic hydroxyl groups is 1. The number of tetrazole rings is 1. The van der Waals surface area contributed by atoms with Gasteiger partial charge in [0.15, 0.2) is 0 Å². The van der Waals surface area contributed by atoms with E-state index in [1.165, 1.54) is 6.33 Å². The molecule has 2 N–H and O–H groups in total. The summed E-state index contributed by atoms with van der Waals surface area (Å²) in [5.74, 6) is -0.133. The van der Waals surface area contributed by atoms with Crippen molar-refractivity contribution in [3.8, 4) is 16.8 Å². The summed E-state index contributed by atoms with van der Waals surface area (Å²) < 4.78 is 1.58. The maximum Gasteiger partial charge on any atom is 0.251 e. The van der Waals surface area contributed by atoms with Gasteiger partial charge in [0.05, 0.1) is 11.8 Å². The molecule has 156 valence electrons. The number of β-amino-alcohol motifs (C(OH)–C–C–N with tert-alkyl or cyclic N) is 1. The molecule has 1 aliphatic heterocycles. The SMILES string of the molecule is Cc1c(C(=O)NC(C)CN2CCC(O)C2)cc(-c2ccccc2)cc1-n1cnnn1. The van der Waals surface area contributed by atoms with Crippen molar-refractivity contribution >= 4 is 5.91 Å². The third-order valence-electron chi connectivity index (χ3n) is 5.48. The number of amides is 1. The monoisotopic (exact) mass is 406 g/mol. The average molecular weight is 406 g/mol. The average Bonchev–Trinajstić information content (AvgIpc) is 3.40. The van der Waals surface area contributed by atoms with E-state index in [0.29, 0.717) is 18.7 Å². The number of hydrogen-bond donors (Lipinski definition) is 2. The van der Waals surface area contributed by atoms with E-state index in [4.69, 9.17) is 0 Å². The zero-order valence-corrected chi connectivity index (χ0v) is 17.2. The van der Waals surface area contributed by atoms with Crippen molar-refractivity contribution in [2.24, 2.45) is 0 Å². The zero-order chi connectivity index (χ0) is 21.1. The van der Waals surface area contributed by atoms with Crippen LogP contribution in [0.1, 0.15) is 29.3 Å². The van der Waals surface area contributed by atoms with Crippen molar-refractivity contribution in [2.45, 2.75) is 32.4 Å². The Bertz CT molecular complexity index is 1010. The van der Waals surface area contributed by atoms with Gasteiger partial charge in [-0.15, -0.1) is 5.10 Å². The molecule has 1 saturated heterocycles. The van der Waals surface area contributed by atoms with E-state index < -0.39 is 0 Å². The first kappa shape index (κ1) is 20.2. The van der Waals surface area contributed by atoms with Crippen molar-refractivity contribution in [3.63, 3.8) is 0 Å². The van der Waals surface area contributed by atoms with Crippen molar-refractivity contribution < 1.29 is 9.90 Å². The Morgan fingerprint density at radius 2 is 2.07 bits per heavy atom. The van der Waals surface area contributed by atoms with Gasteiger partial charge in [-0.2, -0.15) is 0 Å². The van der Waals surface area contributed by atoms with Gasteiger partial charge < -0.3 is 10.4 Å². The van der Waals surface area contributed by atoms with Crippen LogP contribution in [0.4, 0.5) is 0 Å². The molecule has 0 spiro atoms. The number of carbonyl (C=O) groups is 1. The Kier molecular flexibility index (Phi) is 5.87. The lowest BCUT2D eigenvalue weighted by atomic mass is 9.97.